The van der Waals surface area contributed by atoms with Gasteiger partial charge in [-0.1, -0.05) is 91.9 Å². The quantitative estimate of drug-likeness (QED) is 0.343. The van der Waals surface area contributed by atoms with Crippen LogP contribution in [0.4, 0.5) is 5.69 Å². The average molecular weight is 354 g/mol. The fraction of sp³-hybridized carbons (Fsp3) is 0.125. The van der Waals surface area contributed by atoms with Gasteiger partial charge >= 0.3 is 0 Å². The van der Waals surface area contributed by atoms with Gasteiger partial charge in [0.1, 0.15) is 0 Å². The molecule has 3 heteroatoms. The third-order valence-corrected chi connectivity index (χ3v) is 4.14. The molecule has 0 radical (unpaired) electrons. The first-order valence-electron chi connectivity index (χ1n) is 9.04. The Hall–Kier alpha value is -3.33. The van der Waals surface area contributed by atoms with Crippen LogP contribution in [0.2, 0.25) is 0 Å². The molecule has 1 unspecified atom stereocenters. The van der Waals surface area contributed by atoms with Crippen LogP contribution >= 0.6 is 0 Å². The molecule has 0 spiro atoms. The fourth-order valence-electron chi connectivity index (χ4n) is 2.77. The summed E-state index contributed by atoms with van der Waals surface area (Å²) < 4.78 is 0. The predicted molar refractivity (Wildman–Crippen MR) is 110 cm³/mol. The molecular formula is C24H22N2O. The van der Waals surface area contributed by atoms with Crippen molar-refractivity contribution in [2.24, 2.45) is 16.1 Å². The molecule has 0 aromatic heterocycles. The lowest BCUT2D eigenvalue weighted by Gasteiger charge is -2.08. The van der Waals surface area contributed by atoms with Crippen LogP contribution < -0.4 is 0 Å². The summed E-state index contributed by atoms with van der Waals surface area (Å²) in [7, 11) is 0. The van der Waals surface area contributed by atoms with Crippen LogP contribution in [0.5, 0.6) is 0 Å². The number of Topliss-reactive ketones (excluding diaryl/α,β-unsaturated/α-hetero) is 1. The molecule has 1 atom stereocenters. The van der Waals surface area contributed by atoms with Gasteiger partial charge in [-0.15, -0.1) is 0 Å². The van der Waals surface area contributed by atoms with Crippen molar-refractivity contribution in [3.8, 4) is 0 Å². The van der Waals surface area contributed by atoms with Gasteiger partial charge in [0.2, 0.25) is 0 Å². The Bertz CT molecular complexity index is 916. The fourth-order valence-corrected chi connectivity index (χ4v) is 2.77. The van der Waals surface area contributed by atoms with E-state index in [0.717, 1.165) is 22.5 Å². The third-order valence-electron chi connectivity index (χ3n) is 4.14. The van der Waals surface area contributed by atoms with Crippen molar-refractivity contribution in [2.45, 2.75) is 13.3 Å². The molecule has 0 aliphatic heterocycles. The highest BCUT2D eigenvalue weighted by atomic mass is 16.1. The Balaban J connectivity index is 1.81. The summed E-state index contributed by atoms with van der Waals surface area (Å²) in [6.07, 6.45) is 2.45. The molecule has 3 rings (SSSR count). The molecule has 0 fully saturated rings. The van der Waals surface area contributed by atoms with Crippen molar-refractivity contribution in [3.05, 3.63) is 108 Å². The molecule has 0 bridgehead atoms. The summed E-state index contributed by atoms with van der Waals surface area (Å²) in [5.41, 5.74) is 3.29. The van der Waals surface area contributed by atoms with Crippen LogP contribution in [0.25, 0.3) is 5.70 Å². The highest BCUT2D eigenvalue weighted by Crippen LogP contribution is 2.23. The number of rotatable bonds is 7. The van der Waals surface area contributed by atoms with Gasteiger partial charge in [-0.05, 0) is 18.1 Å². The first-order valence-corrected chi connectivity index (χ1v) is 9.04. The smallest absolute Gasteiger partial charge is 0.163 e. The molecule has 134 valence electrons. The molecule has 0 heterocycles. The number of ketones is 1. The van der Waals surface area contributed by atoms with Crippen molar-refractivity contribution in [2.75, 3.05) is 0 Å². The molecule has 0 amide bonds. The zero-order valence-corrected chi connectivity index (χ0v) is 15.3. The maximum atomic E-state index is 12.5. The summed E-state index contributed by atoms with van der Waals surface area (Å²) in [4.78, 5) is 12.5. The lowest BCUT2D eigenvalue weighted by molar-refractivity contribution is 0.0972. The summed E-state index contributed by atoms with van der Waals surface area (Å²) in [6, 6.07) is 28.9. The lowest BCUT2D eigenvalue weighted by Crippen LogP contribution is -2.04. The number of hydrogen-bond acceptors (Lipinski definition) is 3. The van der Waals surface area contributed by atoms with Gasteiger partial charge in [0.25, 0.3) is 0 Å². The van der Waals surface area contributed by atoms with Gasteiger partial charge in [0, 0.05) is 17.5 Å². The van der Waals surface area contributed by atoms with Crippen LogP contribution in [0.15, 0.2) is 107 Å². The molecule has 0 saturated carbocycles. The van der Waals surface area contributed by atoms with Gasteiger partial charge in [-0.3, -0.25) is 4.79 Å². The lowest BCUT2D eigenvalue weighted by atomic mass is 9.97. The SMILES string of the molecule is CC(C=C(N=Nc1ccccc1)c1ccccc1)CC(=O)c1ccccc1. The number of carbonyl (C=O) groups excluding carboxylic acids is 1. The van der Waals surface area contributed by atoms with E-state index in [1.54, 1.807) is 0 Å². The molecule has 0 aliphatic carbocycles. The van der Waals surface area contributed by atoms with Crippen molar-refractivity contribution in [1.29, 1.82) is 0 Å². The standard InChI is InChI=1S/C24H22N2O/c1-19(18-24(27)21-13-7-3-8-14-21)17-23(20-11-5-2-6-12-20)26-25-22-15-9-4-10-16-22/h2-17,19H,18H2,1H3. The normalized spacial score (nSPS) is 12.9. The van der Waals surface area contributed by atoms with Crippen molar-refractivity contribution in [3.63, 3.8) is 0 Å². The summed E-state index contributed by atoms with van der Waals surface area (Å²) in [6.45, 7) is 2.03. The largest absolute Gasteiger partial charge is 0.294 e. The predicted octanol–water partition coefficient (Wildman–Crippen LogP) is 6.72. The van der Waals surface area contributed by atoms with Crippen molar-refractivity contribution >= 4 is 17.2 Å². The first-order chi connectivity index (χ1) is 13.2. The third kappa shape index (κ3) is 5.58. The zero-order chi connectivity index (χ0) is 18.9. The minimum absolute atomic E-state index is 0.0441. The molecule has 3 aromatic rings. The second kappa shape index (κ2) is 9.39. The zero-order valence-electron chi connectivity index (χ0n) is 15.3. The highest BCUT2D eigenvalue weighted by molar-refractivity contribution is 5.96. The number of allylic oxidation sites excluding steroid dienone is 1. The topological polar surface area (TPSA) is 41.8 Å². The van der Waals surface area contributed by atoms with Crippen molar-refractivity contribution < 1.29 is 4.79 Å². The molecule has 0 saturated heterocycles. The van der Waals surface area contributed by atoms with E-state index >= 15 is 0 Å². The van der Waals surface area contributed by atoms with Crippen molar-refractivity contribution in [1.82, 2.24) is 0 Å². The minimum Gasteiger partial charge on any atom is -0.294 e. The maximum absolute atomic E-state index is 12.5. The number of benzene rings is 3. The Morgan fingerprint density at radius 1 is 0.815 bits per heavy atom. The Kier molecular flexibility index (Phi) is 6.42. The Morgan fingerprint density at radius 3 is 1.93 bits per heavy atom. The summed E-state index contributed by atoms with van der Waals surface area (Å²) in [5.74, 6) is 0.175. The van der Waals surface area contributed by atoms with Crippen LogP contribution in [0, 0.1) is 5.92 Å². The Labute approximate surface area is 160 Å². The number of azo groups is 1. The Morgan fingerprint density at radius 2 is 1.33 bits per heavy atom. The molecule has 0 N–H and O–H groups in total. The van der Waals surface area contributed by atoms with E-state index in [-0.39, 0.29) is 11.7 Å². The average Bonchev–Trinajstić information content (AvgIpc) is 2.73. The van der Waals surface area contributed by atoms with E-state index in [4.69, 9.17) is 0 Å². The minimum atomic E-state index is 0.0441. The van der Waals surface area contributed by atoms with E-state index in [2.05, 4.69) is 10.2 Å². The van der Waals surface area contributed by atoms with Gasteiger partial charge in [-0.25, -0.2) is 0 Å². The second-order valence-corrected chi connectivity index (χ2v) is 6.42. The highest BCUT2D eigenvalue weighted by Gasteiger charge is 2.11. The maximum Gasteiger partial charge on any atom is 0.163 e. The van der Waals surface area contributed by atoms with Crippen LogP contribution in [0.3, 0.4) is 0 Å². The number of carbonyl (C=O) groups is 1. The summed E-state index contributed by atoms with van der Waals surface area (Å²) in [5, 5.41) is 8.80. The van der Waals surface area contributed by atoms with Crippen LogP contribution in [0.1, 0.15) is 29.3 Å². The number of hydrogen-bond donors (Lipinski definition) is 0. The van der Waals surface area contributed by atoms with Gasteiger partial charge in [-0.2, -0.15) is 10.2 Å². The summed E-state index contributed by atoms with van der Waals surface area (Å²) >= 11 is 0. The first kappa shape index (κ1) is 18.5. The van der Waals surface area contributed by atoms with E-state index in [9.17, 15) is 4.79 Å². The molecule has 3 aromatic carbocycles. The van der Waals surface area contributed by atoms with Gasteiger partial charge in [0.05, 0.1) is 11.4 Å². The molecule has 0 aliphatic rings. The van der Waals surface area contributed by atoms with Gasteiger partial charge in [0.15, 0.2) is 5.78 Å². The number of nitrogens with zero attached hydrogens (tertiary/aromatic N) is 2. The van der Waals surface area contributed by atoms with Crippen LogP contribution in [-0.4, -0.2) is 5.78 Å². The van der Waals surface area contributed by atoms with E-state index < -0.39 is 0 Å². The van der Waals surface area contributed by atoms with Crippen LogP contribution in [-0.2, 0) is 0 Å². The second-order valence-electron chi connectivity index (χ2n) is 6.42. The molecular weight excluding hydrogens is 332 g/mol. The molecule has 27 heavy (non-hydrogen) atoms. The van der Waals surface area contributed by atoms with Gasteiger partial charge < -0.3 is 0 Å². The molecule has 3 nitrogen and oxygen atoms in total. The van der Waals surface area contributed by atoms with E-state index in [1.165, 1.54) is 0 Å². The van der Waals surface area contributed by atoms with E-state index in [1.807, 2.05) is 104 Å². The van der Waals surface area contributed by atoms with E-state index in [0.29, 0.717) is 6.42 Å². The monoisotopic (exact) mass is 354 g/mol.